The van der Waals surface area contributed by atoms with Crippen LogP contribution in [-0.4, -0.2) is 41.6 Å². The molecular formula is C44H76N2O5. The number of hydrogen-bond donors (Lipinski definition) is 3. The van der Waals surface area contributed by atoms with E-state index < -0.39 is 12.0 Å². The van der Waals surface area contributed by atoms with Gasteiger partial charge in [-0.05, 0) is 103 Å². The Labute approximate surface area is 312 Å². The minimum Gasteiger partial charge on any atom is -0.480 e. The lowest BCUT2D eigenvalue weighted by molar-refractivity contribution is -0.150. The first-order valence-corrected chi connectivity index (χ1v) is 20.6. The number of ether oxygens (including phenoxy) is 1. The zero-order valence-electron chi connectivity index (χ0n) is 32.7. The summed E-state index contributed by atoms with van der Waals surface area (Å²) in [6.45, 7) is 4.79. The number of hydrogen-bond acceptors (Lipinski definition) is 5. The second-order valence-electron chi connectivity index (χ2n) is 13.7. The van der Waals surface area contributed by atoms with Gasteiger partial charge in [-0.3, -0.25) is 9.59 Å². The monoisotopic (exact) mass is 713 g/mol. The number of carboxylic acid groups (broad SMARTS) is 1. The molecule has 4 N–H and O–H groups in total. The van der Waals surface area contributed by atoms with Gasteiger partial charge in [0.15, 0.2) is 0 Å². The first-order valence-electron chi connectivity index (χ1n) is 20.6. The molecule has 0 aromatic rings. The Morgan fingerprint density at radius 1 is 0.588 bits per heavy atom. The van der Waals surface area contributed by atoms with E-state index in [1.165, 1.54) is 32.1 Å². The van der Waals surface area contributed by atoms with E-state index in [0.29, 0.717) is 32.2 Å². The van der Waals surface area contributed by atoms with Gasteiger partial charge in [0, 0.05) is 12.8 Å². The Morgan fingerprint density at radius 3 is 1.63 bits per heavy atom. The highest BCUT2D eigenvalue weighted by atomic mass is 16.5. The average molecular weight is 713 g/mol. The topological polar surface area (TPSA) is 119 Å². The van der Waals surface area contributed by atoms with Crippen LogP contribution in [0.4, 0.5) is 0 Å². The highest BCUT2D eigenvalue weighted by Crippen LogP contribution is 2.18. The highest BCUT2D eigenvalue weighted by molar-refractivity contribution is 5.83. The molecular weight excluding hydrogens is 636 g/mol. The molecule has 0 spiro atoms. The second-order valence-corrected chi connectivity index (χ2v) is 13.7. The van der Waals surface area contributed by atoms with Crippen LogP contribution in [0, 0.1) is 0 Å². The number of carbonyl (C=O) groups excluding carboxylic acids is 2. The fourth-order valence-electron chi connectivity index (χ4n) is 5.77. The molecule has 0 saturated carbocycles. The molecule has 0 aliphatic rings. The number of allylic oxidation sites excluding steroid dienone is 10. The van der Waals surface area contributed by atoms with E-state index in [4.69, 9.17) is 10.5 Å². The summed E-state index contributed by atoms with van der Waals surface area (Å²) in [7, 11) is 0. The van der Waals surface area contributed by atoms with Crippen LogP contribution in [0.1, 0.15) is 181 Å². The molecule has 7 nitrogen and oxygen atoms in total. The molecule has 1 amide bonds. The number of unbranched alkanes of at least 4 members (excludes halogenated alkanes) is 12. The fourth-order valence-corrected chi connectivity index (χ4v) is 5.77. The number of esters is 1. The zero-order valence-corrected chi connectivity index (χ0v) is 32.7. The first kappa shape index (κ1) is 48.1. The molecule has 0 aromatic carbocycles. The maximum Gasteiger partial charge on any atom is 0.326 e. The molecule has 0 rings (SSSR count). The summed E-state index contributed by atoms with van der Waals surface area (Å²) in [5, 5.41) is 11.9. The lowest BCUT2D eigenvalue weighted by Gasteiger charge is -2.18. The third kappa shape index (κ3) is 35.3. The van der Waals surface area contributed by atoms with Crippen molar-refractivity contribution in [3.63, 3.8) is 0 Å². The predicted molar refractivity (Wildman–Crippen MR) is 216 cm³/mol. The van der Waals surface area contributed by atoms with Gasteiger partial charge >= 0.3 is 11.9 Å². The van der Waals surface area contributed by atoms with E-state index in [9.17, 15) is 19.5 Å². The standard InChI is InChI=1S/C44H76N2O5/c1-3-5-7-9-11-12-13-14-15-16-17-18-19-20-21-22-23-28-32-38-43(48)51-40(34-29-25-10-8-6-4-2)35-30-26-24-27-31-37-42(47)46-41(44(49)50)36-33-39-45/h5,7,11-12,14-15,17-18,20-21,40-41H,3-4,6,8-10,13,16,19,22-39,45H2,1-2H3,(H,46,47)(H,49,50)/b7-5-,12-11-,15-14-,18-17-,21-20-. The maximum atomic E-state index is 12.7. The van der Waals surface area contributed by atoms with Gasteiger partial charge in [0.2, 0.25) is 5.91 Å². The summed E-state index contributed by atoms with van der Waals surface area (Å²) in [4.78, 5) is 36.2. The lowest BCUT2D eigenvalue weighted by atomic mass is 10.0. The van der Waals surface area contributed by atoms with Crippen molar-refractivity contribution in [1.29, 1.82) is 0 Å². The molecule has 0 heterocycles. The normalized spacial score (nSPS) is 13.3. The molecule has 0 radical (unpaired) electrons. The Bertz CT molecular complexity index is 984. The Kier molecular flexibility index (Phi) is 36.1. The van der Waals surface area contributed by atoms with Crippen LogP contribution in [0.5, 0.6) is 0 Å². The number of carboxylic acids is 1. The average Bonchev–Trinajstić information content (AvgIpc) is 3.11. The molecule has 292 valence electrons. The quantitative estimate of drug-likeness (QED) is 0.0338. The summed E-state index contributed by atoms with van der Waals surface area (Å²) in [6.07, 6.45) is 47.0. The summed E-state index contributed by atoms with van der Waals surface area (Å²) < 4.78 is 5.98. The van der Waals surface area contributed by atoms with E-state index in [1.54, 1.807) is 0 Å². The van der Waals surface area contributed by atoms with Gasteiger partial charge in [0.1, 0.15) is 12.1 Å². The summed E-state index contributed by atoms with van der Waals surface area (Å²) >= 11 is 0. The number of nitrogens with two attached hydrogens (primary N) is 1. The molecule has 2 atom stereocenters. The Balaban J connectivity index is 4.20. The van der Waals surface area contributed by atoms with Crippen molar-refractivity contribution >= 4 is 17.8 Å². The Morgan fingerprint density at radius 2 is 1.08 bits per heavy atom. The molecule has 0 fully saturated rings. The van der Waals surface area contributed by atoms with Crippen LogP contribution in [0.3, 0.4) is 0 Å². The van der Waals surface area contributed by atoms with E-state index >= 15 is 0 Å². The second kappa shape index (κ2) is 38.3. The minimum absolute atomic E-state index is 0.00257. The van der Waals surface area contributed by atoms with Crippen molar-refractivity contribution < 1.29 is 24.2 Å². The molecule has 7 heteroatoms. The Hall–Kier alpha value is -2.93. The van der Waals surface area contributed by atoms with E-state index in [2.05, 4.69) is 79.9 Å². The number of nitrogens with one attached hydrogen (secondary N) is 1. The van der Waals surface area contributed by atoms with Crippen LogP contribution in [0.15, 0.2) is 60.8 Å². The van der Waals surface area contributed by atoms with Gasteiger partial charge in [-0.15, -0.1) is 0 Å². The first-order chi connectivity index (χ1) is 24.9. The third-order valence-corrected chi connectivity index (χ3v) is 8.85. The summed E-state index contributed by atoms with van der Waals surface area (Å²) in [5.41, 5.74) is 5.47. The van der Waals surface area contributed by atoms with Gasteiger partial charge in [-0.1, -0.05) is 132 Å². The van der Waals surface area contributed by atoms with Crippen molar-refractivity contribution in [2.75, 3.05) is 6.54 Å². The van der Waals surface area contributed by atoms with Crippen molar-refractivity contribution in [3.05, 3.63) is 60.8 Å². The summed E-state index contributed by atoms with van der Waals surface area (Å²) in [5.74, 6) is -1.28. The molecule has 0 saturated heterocycles. The number of rotatable bonds is 36. The van der Waals surface area contributed by atoms with Gasteiger partial charge in [-0.25, -0.2) is 4.79 Å². The van der Waals surface area contributed by atoms with E-state index in [-0.39, 0.29) is 18.0 Å². The largest absolute Gasteiger partial charge is 0.480 e. The molecule has 2 unspecified atom stereocenters. The van der Waals surface area contributed by atoms with Crippen LogP contribution in [0.25, 0.3) is 0 Å². The van der Waals surface area contributed by atoms with Crippen molar-refractivity contribution in [2.24, 2.45) is 5.73 Å². The zero-order chi connectivity index (χ0) is 37.5. The van der Waals surface area contributed by atoms with Gasteiger partial charge in [0.25, 0.3) is 0 Å². The van der Waals surface area contributed by atoms with Crippen LogP contribution >= 0.6 is 0 Å². The maximum absolute atomic E-state index is 12.7. The highest BCUT2D eigenvalue weighted by Gasteiger charge is 2.19. The predicted octanol–water partition coefficient (Wildman–Crippen LogP) is 11.4. The molecule has 0 aliphatic carbocycles. The van der Waals surface area contributed by atoms with Crippen LogP contribution in [0.2, 0.25) is 0 Å². The van der Waals surface area contributed by atoms with Gasteiger partial charge in [0.05, 0.1) is 0 Å². The molecule has 0 aliphatic heterocycles. The number of amides is 1. The van der Waals surface area contributed by atoms with Gasteiger partial charge < -0.3 is 20.9 Å². The fraction of sp³-hybridized carbons (Fsp3) is 0.705. The lowest BCUT2D eigenvalue weighted by Crippen LogP contribution is -2.40. The molecule has 0 aromatic heterocycles. The van der Waals surface area contributed by atoms with Gasteiger partial charge in [-0.2, -0.15) is 0 Å². The number of aliphatic carboxylic acids is 1. The minimum atomic E-state index is -1.01. The van der Waals surface area contributed by atoms with E-state index in [1.807, 2.05) is 0 Å². The molecule has 0 bridgehead atoms. The van der Waals surface area contributed by atoms with Crippen LogP contribution < -0.4 is 11.1 Å². The van der Waals surface area contributed by atoms with Crippen LogP contribution in [-0.2, 0) is 19.1 Å². The third-order valence-electron chi connectivity index (χ3n) is 8.85. The van der Waals surface area contributed by atoms with Crippen molar-refractivity contribution in [2.45, 2.75) is 193 Å². The smallest absolute Gasteiger partial charge is 0.326 e. The van der Waals surface area contributed by atoms with Crippen molar-refractivity contribution in [1.82, 2.24) is 5.32 Å². The SMILES string of the molecule is CC/C=C\C/C=C\C/C=C\C/C=C\C/C=C\CCCCCC(=O)OC(CCCCCCCC)CCCCCCCC(=O)NC(CCCN)C(=O)O. The molecule has 51 heavy (non-hydrogen) atoms. The van der Waals surface area contributed by atoms with E-state index in [0.717, 1.165) is 109 Å². The number of carbonyl (C=O) groups is 3. The summed E-state index contributed by atoms with van der Waals surface area (Å²) in [6, 6.07) is -0.859. The van der Waals surface area contributed by atoms with Crippen molar-refractivity contribution in [3.8, 4) is 0 Å².